The number of aliphatic hydroxyl groups is 1. The van der Waals surface area contributed by atoms with E-state index < -0.39 is 5.60 Å². The smallest absolute Gasteiger partial charge is 0.222 e. The van der Waals surface area contributed by atoms with Crippen LogP contribution in [0.2, 0.25) is 0 Å². The number of nitrogens with one attached hydrogen (secondary N) is 1. The van der Waals surface area contributed by atoms with Gasteiger partial charge in [-0.15, -0.1) is 0 Å². The maximum atomic E-state index is 12.4. The van der Waals surface area contributed by atoms with Gasteiger partial charge in [0.15, 0.2) is 0 Å². The molecule has 0 spiro atoms. The Morgan fingerprint density at radius 3 is 2.64 bits per heavy atom. The molecule has 1 aromatic carbocycles. The van der Waals surface area contributed by atoms with Crippen LogP contribution in [0.15, 0.2) is 24.3 Å². The number of H-pyrrole nitrogens is 1. The van der Waals surface area contributed by atoms with E-state index in [-0.39, 0.29) is 5.91 Å². The zero-order chi connectivity index (χ0) is 17.9. The number of fused-ring (bicyclic) bond motifs is 1. The summed E-state index contributed by atoms with van der Waals surface area (Å²) in [6.45, 7) is 7.46. The van der Waals surface area contributed by atoms with Crippen molar-refractivity contribution >= 4 is 16.9 Å². The highest BCUT2D eigenvalue weighted by molar-refractivity contribution is 5.76. The maximum absolute atomic E-state index is 12.4. The van der Waals surface area contributed by atoms with E-state index in [1.807, 2.05) is 43.0 Å². The van der Waals surface area contributed by atoms with Gasteiger partial charge in [0.05, 0.1) is 16.6 Å². The molecule has 3 rings (SSSR count). The molecule has 0 saturated carbocycles. The van der Waals surface area contributed by atoms with Gasteiger partial charge in [-0.3, -0.25) is 9.69 Å². The average Bonchev–Trinajstić information content (AvgIpc) is 2.96. The molecule has 1 fully saturated rings. The average molecular weight is 344 g/mol. The molecule has 0 bridgehead atoms. The first kappa shape index (κ1) is 17.9. The molecule has 1 saturated heterocycles. The largest absolute Gasteiger partial charge is 0.389 e. The molecular weight excluding hydrogens is 316 g/mol. The van der Waals surface area contributed by atoms with Crippen molar-refractivity contribution in [2.75, 3.05) is 32.7 Å². The monoisotopic (exact) mass is 344 g/mol. The number of aromatic amines is 1. The molecule has 1 aromatic heterocycles. The van der Waals surface area contributed by atoms with Gasteiger partial charge in [0.1, 0.15) is 5.82 Å². The SMILES string of the molecule is CC(C)(O)CN1CCN(C(=O)CCCc2nc3ccccc3[nH]2)CC1. The molecule has 0 aliphatic carbocycles. The zero-order valence-corrected chi connectivity index (χ0v) is 15.2. The molecule has 1 amide bonds. The van der Waals surface area contributed by atoms with Crippen LogP contribution in [0.5, 0.6) is 0 Å². The van der Waals surface area contributed by atoms with Crippen LogP contribution in [0, 0.1) is 0 Å². The first-order valence-corrected chi connectivity index (χ1v) is 9.07. The Morgan fingerprint density at radius 1 is 1.24 bits per heavy atom. The molecule has 2 heterocycles. The minimum atomic E-state index is -0.682. The third-order valence-electron chi connectivity index (χ3n) is 4.58. The lowest BCUT2D eigenvalue weighted by molar-refractivity contribution is -0.133. The molecule has 1 aliphatic heterocycles. The summed E-state index contributed by atoms with van der Waals surface area (Å²) >= 11 is 0. The third-order valence-corrected chi connectivity index (χ3v) is 4.58. The van der Waals surface area contributed by atoms with Gasteiger partial charge >= 0.3 is 0 Å². The summed E-state index contributed by atoms with van der Waals surface area (Å²) in [5.41, 5.74) is 1.34. The number of β-amino-alcohol motifs (C(OH)–C–C–N with tert-alkyl or cyclic N) is 1. The Morgan fingerprint density at radius 2 is 1.96 bits per heavy atom. The van der Waals surface area contributed by atoms with Crippen molar-refractivity contribution in [3.63, 3.8) is 0 Å². The number of piperazine rings is 1. The van der Waals surface area contributed by atoms with Crippen LogP contribution in [0.3, 0.4) is 0 Å². The molecule has 2 N–H and O–H groups in total. The van der Waals surface area contributed by atoms with Crippen molar-refractivity contribution in [2.24, 2.45) is 0 Å². The second-order valence-corrected chi connectivity index (χ2v) is 7.52. The number of imidazole rings is 1. The van der Waals surface area contributed by atoms with E-state index in [1.54, 1.807) is 0 Å². The fourth-order valence-corrected chi connectivity index (χ4v) is 3.39. The van der Waals surface area contributed by atoms with Crippen molar-refractivity contribution in [1.29, 1.82) is 0 Å². The number of aryl methyl sites for hydroxylation is 1. The van der Waals surface area contributed by atoms with Gasteiger partial charge in [-0.1, -0.05) is 12.1 Å². The summed E-state index contributed by atoms with van der Waals surface area (Å²) in [4.78, 5) is 24.4. The summed E-state index contributed by atoms with van der Waals surface area (Å²) in [5.74, 6) is 1.17. The zero-order valence-electron chi connectivity index (χ0n) is 15.2. The molecule has 0 atom stereocenters. The molecule has 25 heavy (non-hydrogen) atoms. The Bertz CT molecular complexity index is 679. The lowest BCUT2D eigenvalue weighted by Gasteiger charge is -2.37. The predicted molar refractivity (Wildman–Crippen MR) is 98.3 cm³/mol. The highest BCUT2D eigenvalue weighted by Crippen LogP contribution is 2.13. The maximum Gasteiger partial charge on any atom is 0.222 e. The van der Waals surface area contributed by atoms with E-state index in [9.17, 15) is 9.90 Å². The minimum Gasteiger partial charge on any atom is -0.389 e. The molecule has 136 valence electrons. The number of hydrogen-bond acceptors (Lipinski definition) is 4. The van der Waals surface area contributed by atoms with Crippen molar-refractivity contribution in [3.8, 4) is 0 Å². The van der Waals surface area contributed by atoms with Crippen LogP contribution < -0.4 is 0 Å². The number of carbonyl (C=O) groups excluding carboxylic acids is 1. The fourth-order valence-electron chi connectivity index (χ4n) is 3.39. The Hall–Kier alpha value is -1.92. The standard InChI is InChI=1S/C19H28N4O2/c1-19(2,25)14-22-10-12-23(13-11-22)18(24)9-5-8-17-20-15-6-3-4-7-16(15)21-17/h3-4,6-7,25H,5,8-14H2,1-2H3,(H,20,21). The van der Waals surface area contributed by atoms with Gasteiger partial charge in [-0.2, -0.15) is 0 Å². The van der Waals surface area contributed by atoms with Crippen molar-refractivity contribution in [2.45, 2.75) is 38.7 Å². The van der Waals surface area contributed by atoms with E-state index in [0.717, 1.165) is 55.9 Å². The molecule has 2 aromatic rings. The van der Waals surface area contributed by atoms with Crippen LogP contribution in [0.4, 0.5) is 0 Å². The molecule has 0 radical (unpaired) electrons. The number of aromatic nitrogens is 2. The topological polar surface area (TPSA) is 72.5 Å². The predicted octanol–water partition coefficient (Wildman–Crippen LogP) is 1.80. The quantitative estimate of drug-likeness (QED) is 0.838. The summed E-state index contributed by atoms with van der Waals surface area (Å²) in [6.07, 6.45) is 2.16. The summed E-state index contributed by atoms with van der Waals surface area (Å²) in [6, 6.07) is 7.98. The lowest BCUT2D eigenvalue weighted by atomic mass is 10.1. The fraction of sp³-hybridized carbons (Fsp3) is 0.579. The first-order chi connectivity index (χ1) is 11.9. The Balaban J connectivity index is 1.41. The Kier molecular flexibility index (Phi) is 5.39. The normalized spacial score (nSPS) is 16.5. The van der Waals surface area contributed by atoms with Crippen LogP contribution in [0.25, 0.3) is 11.0 Å². The molecule has 1 aliphatic rings. The van der Waals surface area contributed by atoms with Gasteiger partial charge in [-0.05, 0) is 32.4 Å². The third kappa shape index (κ3) is 5.03. The lowest BCUT2D eigenvalue weighted by Crippen LogP contribution is -2.51. The molecule has 0 unspecified atom stereocenters. The van der Waals surface area contributed by atoms with Crippen LogP contribution in [-0.2, 0) is 11.2 Å². The number of nitrogens with zero attached hydrogens (tertiary/aromatic N) is 3. The first-order valence-electron chi connectivity index (χ1n) is 9.07. The molecular formula is C19H28N4O2. The molecule has 6 nitrogen and oxygen atoms in total. The highest BCUT2D eigenvalue weighted by Gasteiger charge is 2.24. The number of amides is 1. The van der Waals surface area contributed by atoms with E-state index >= 15 is 0 Å². The van der Waals surface area contributed by atoms with E-state index in [0.29, 0.717) is 13.0 Å². The van der Waals surface area contributed by atoms with Crippen molar-refractivity contribution < 1.29 is 9.90 Å². The van der Waals surface area contributed by atoms with E-state index in [2.05, 4.69) is 14.9 Å². The second-order valence-electron chi connectivity index (χ2n) is 7.52. The number of rotatable bonds is 6. The molecule has 6 heteroatoms. The summed E-state index contributed by atoms with van der Waals surface area (Å²) < 4.78 is 0. The number of hydrogen-bond donors (Lipinski definition) is 2. The summed E-state index contributed by atoms with van der Waals surface area (Å²) in [5, 5.41) is 9.89. The van der Waals surface area contributed by atoms with Gasteiger partial charge in [0.25, 0.3) is 0 Å². The van der Waals surface area contributed by atoms with Crippen molar-refractivity contribution in [3.05, 3.63) is 30.1 Å². The van der Waals surface area contributed by atoms with E-state index in [4.69, 9.17) is 0 Å². The second kappa shape index (κ2) is 7.54. The van der Waals surface area contributed by atoms with Gasteiger partial charge in [-0.25, -0.2) is 4.98 Å². The van der Waals surface area contributed by atoms with Crippen molar-refractivity contribution in [1.82, 2.24) is 19.8 Å². The van der Waals surface area contributed by atoms with Crippen LogP contribution in [-0.4, -0.2) is 69.1 Å². The van der Waals surface area contributed by atoms with Crippen LogP contribution in [0.1, 0.15) is 32.5 Å². The highest BCUT2D eigenvalue weighted by atomic mass is 16.3. The van der Waals surface area contributed by atoms with Gasteiger partial charge in [0, 0.05) is 45.6 Å². The Labute approximate surface area is 148 Å². The number of para-hydroxylation sites is 2. The van der Waals surface area contributed by atoms with Crippen LogP contribution >= 0.6 is 0 Å². The number of benzene rings is 1. The van der Waals surface area contributed by atoms with E-state index in [1.165, 1.54) is 0 Å². The minimum absolute atomic E-state index is 0.221. The van der Waals surface area contributed by atoms with Gasteiger partial charge < -0.3 is 15.0 Å². The summed E-state index contributed by atoms with van der Waals surface area (Å²) in [7, 11) is 0. The van der Waals surface area contributed by atoms with Gasteiger partial charge in [0.2, 0.25) is 5.91 Å². The number of carbonyl (C=O) groups is 1.